The van der Waals surface area contributed by atoms with Gasteiger partial charge in [-0.25, -0.2) is 4.39 Å². The Morgan fingerprint density at radius 3 is 2.68 bits per heavy atom. The van der Waals surface area contributed by atoms with Gasteiger partial charge in [0.05, 0.1) is 0 Å². The topological polar surface area (TPSA) is 0 Å². The number of rotatable bonds is 6. The van der Waals surface area contributed by atoms with Crippen molar-refractivity contribution in [3.63, 3.8) is 0 Å². The Labute approximate surface area is 119 Å². The van der Waals surface area contributed by atoms with E-state index in [0.717, 1.165) is 12.0 Å². The van der Waals surface area contributed by atoms with E-state index in [4.69, 9.17) is 0 Å². The van der Waals surface area contributed by atoms with Gasteiger partial charge in [0.1, 0.15) is 5.82 Å². The van der Waals surface area contributed by atoms with Crippen LogP contribution in [0, 0.1) is 12.7 Å². The van der Waals surface area contributed by atoms with E-state index in [9.17, 15) is 4.39 Å². The van der Waals surface area contributed by atoms with E-state index in [1.165, 1.54) is 47.1 Å². The van der Waals surface area contributed by atoms with Gasteiger partial charge in [0.2, 0.25) is 0 Å². The minimum absolute atomic E-state index is 0.159. The van der Waals surface area contributed by atoms with Gasteiger partial charge in [-0.05, 0) is 49.1 Å². The highest BCUT2D eigenvalue weighted by atomic mass is 32.1. The summed E-state index contributed by atoms with van der Waals surface area (Å²) in [5.74, 6) is -0.159. The highest BCUT2D eigenvalue weighted by molar-refractivity contribution is 7.15. The van der Waals surface area contributed by atoms with Gasteiger partial charge in [-0.15, -0.1) is 11.3 Å². The fraction of sp³-hybridized carbons (Fsp3) is 0.412. The van der Waals surface area contributed by atoms with E-state index in [-0.39, 0.29) is 5.82 Å². The van der Waals surface area contributed by atoms with Gasteiger partial charge in [0, 0.05) is 9.75 Å². The third kappa shape index (κ3) is 3.90. The van der Waals surface area contributed by atoms with E-state index in [1.54, 1.807) is 23.5 Å². The Morgan fingerprint density at radius 2 is 1.95 bits per heavy atom. The molecule has 0 fully saturated rings. The van der Waals surface area contributed by atoms with Crippen LogP contribution in [0.5, 0.6) is 0 Å². The molecule has 0 saturated heterocycles. The lowest BCUT2D eigenvalue weighted by Gasteiger charge is -1.99. The SMILES string of the molecule is CCCCCCc1cc(-c2cccc(F)c2)sc1C. The smallest absolute Gasteiger partial charge is 0.123 e. The third-order valence-corrected chi connectivity index (χ3v) is 4.57. The summed E-state index contributed by atoms with van der Waals surface area (Å²) in [5, 5.41) is 0. The van der Waals surface area contributed by atoms with E-state index < -0.39 is 0 Å². The van der Waals surface area contributed by atoms with Crippen LogP contribution >= 0.6 is 11.3 Å². The fourth-order valence-electron chi connectivity index (χ4n) is 2.29. The van der Waals surface area contributed by atoms with Gasteiger partial charge in [-0.1, -0.05) is 38.3 Å². The number of hydrogen-bond acceptors (Lipinski definition) is 1. The molecule has 0 unspecified atom stereocenters. The van der Waals surface area contributed by atoms with Crippen LogP contribution in [0.3, 0.4) is 0 Å². The van der Waals surface area contributed by atoms with Crippen LogP contribution in [0.25, 0.3) is 10.4 Å². The molecule has 0 aliphatic carbocycles. The van der Waals surface area contributed by atoms with Gasteiger partial charge in [-0.3, -0.25) is 0 Å². The van der Waals surface area contributed by atoms with Gasteiger partial charge in [0.25, 0.3) is 0 Å². The molecular formula is C17H21FS. The Balaban J connectivity index is 2.08. The molecule has 0 radical (unpaired) electrons. The zero-order chi connectivity index (χ0) is 13.7. The first kappa shape index (κ1) is 14.3. The Hall–Kier alpha value is -1.15. The highest BCUT2D eigenvalue weighted by Gasteiger charge is 2.07. The molecule has 2 rings (SSSR count). The second-order valence-electron chi connectivity index (χ2n) is 5.01. The highest BCUT2D eigenvalue weighted by Crippen LogP contribution is 2.32. The summed E-state index contributed by atoms with van der Waals surface area (Å²) in [7, 11) is 0. The van der Waals surface area contributed by atoms with Crippen molar-refractivity contribution in [3.05, 3.63) is 46.6 Å². The van der Waals surface area contributed by atoms with Crippen molar-refractivity contribution in [1.82, 2.24) is 0 Å². The summed E-state index contributed by atoms with van der Waals surface area (Å²) in [6.07, 6.45) is 6.31. The maximum atomic E-state index is 13.3. The zero-order valence-electron chi connectivity index (χ0n) is 11.7. The summed E-state index contributed by atoms with van der Waals surface area (Å²) in [6, 6.07) is 9.11. The summed E-state index contributed by atoms with van der Waals surface area (Å²) in [6.45, 7) is 4.40. The number of halogens is 1. The minimum Gasteiger partial charge on any atom is -0.207 e. The summed E-state index contributed by atoms with van der Waals surface area (Å²) in [5.41, 5.74) is 2.42. The lowest BCUT2D eigenvalue weighted by Crippen LogP contribution is -1.85. The normalized spacial score (nSPS) is 10.9. The first-order chi connectivity index (χ1) is 9.20. The van der Waals surface area contributed by atoms with E-state index in [2.05, 4.69) is 19.9 Å². The summed E-state index contributed by atoms with van der Waals surface area (Å²) in [4.78, 5) is 2.55. The fourth-order valence-corrected chi connectivity index (χ4v) is 3.36. The van der Waals surface area contributed by atoms with E-state index in [1.807, 2.05) is 6.07 Å². The van der Waals surface area contributed by atoms with Crippen LogP contribution < -0.4 is 0 Å². The number of aryl methyl sites for hydroxylation is 2. The molecule has 0 saturated carbocycles. The monoisotopic (exact) mass is 276 g/mol. The lowest BCUT2D eigenvalue weighted by molar-refractivity contribution is 0.628. The average molecular weight is 276 g/mol. The van der Waals surface area contributed by atoms with Crippen LogP contribution in [-0.4, -0.2) is 0 Å². The quantitative estimate of drug-likeness (QED) is 0.569. The molecule has 0 N–H and O–H groups in total. The molecule has 0 amide bonds. The number of benzene rings is 1. The predicted octanol–water partition coefficient (Wildman–Crippen LogP) is 5.99. The van der Waals surface area contributed by atoms with Crippen molar-refractivity contribution in [2.24, 2.45) is 0 Å². The molecule has 0 bridgehead atoms. The predicted molar refractivity (Wildman–Crippen MR) is 82.3 cm³/mol. The first-order valence-corrected chi connectivity index (χ1v) is 7.87. The van der Waals surface area contributed by atoms with Crippen molar-refractivity contribution in [3.8, 4) is 10.4 Å². The molecule has 0 spiro atoms. The summed E-state index contributed by atoms with van der Waals surface area (Å²) < 4.78 is 13.3. The van der Waals surface area contributed by atoms with Crippen LogP contribution in [0.1, 0.15) is 43.0 Å². The van der Waals surface area contributed by atoms with Crippen LogP contribution in [0.2, 0.25) is 0 Å². The molecule has 2 heteroatoms. The van der Waals surface area contributed by atoms with Crippen molar-refractivity contribution in [2.75, 3.05) is 0 Å². The van der Waals surface area contributed by atoms with Gasteiger partial charge in [0.15, 0.2) is 0 Å². The zero-order valence-corrected chi connectivity index (χ0v) is 12.5. The number of hydrogen-bond donors (Lipinski definition) is 0. The van der Waals surface area contributed by atoms with Crippen LogP contribution in [-0.2, 0) is 6.42 Å². The third-order valence-electron chi connectivity index (χ3n) is 3.43. The minimum atomic E-state index is -0.159. The average Bonchev–Trinajstić information content (AvgIpc) is 2.76. The molecule has 1 aromatic heterocycles. The van der Waals surface area contributed by atoms with Gasteiger partial charge in [-0.2, -0.15) is 0 Å². The second-order valence-corrected chi connectivity index (χ2v) is 6.27. The standard InChI is InChI=1S/C17H21FS/c1-3-4-5-6-8-14-12-17(19-13(14)2)15-9-7-10-16(18)11-15/h7,9-12H,3-6,8H2,1-2H3. The Bertz CT molecular complexity index is 528. The van der Waals surface area contributed by atoms with Crippen LogP contribution in [0.4, 0.5) is 4.39 Å². The first-order valence-electron chi connectivity index (χ1n) is 7.06. The van der Waals surface area contributed by atoms with Crippen molar-refractivity contribution in [2.45, 2.75) is 46.0 Å². The second kappa shape index (κ2) is 6.85. The van der Waals surface area contributed by atoms with Crippen molar-refractivity contribution < 1.29 is 4.39 Å². The molecule has 0 aliphatic heterocycles. The molecule has 0 nitrogen and oxygen atoms in total. The lowest BCUT2D eigenvalue weighted by atomic mass is 10.1. The molecule has 19 heavy (non-hydrogen) atoms. The van der Waals surface area contributed by atoms with Gasteiger partial charge >= 0.3 is 0 Å². The number of thiophene rings is 1. The molecule has 102 valence electrons. The van der Waals surface area contributed by atoms with Crippen LogP contribution in [0.15, 0.2) is 30.3 Å². The Morgan fingerprint density at radius 1 is 1.11 bits per heavy atom. The Kier molecular flexibility index (Phi) is 5.15. The van der Waals surface area contributed by atoms with Crippen molar-refractivity contribution in [1.29, 1.82) is 0 Å². The number of unbranched alkanes of at least 4 members (excludes halogenated alkanes) is 3. The molecule has 0 aliphatic rings. The van der Waals surface area contributed by atoms with E-state index >= 15 is 0 Å². The molecular weight excluding hydrogens is 255 g/mol. The molecule has 0 atom stereocenters. The summed E-state index contributed by atoms with van der Waals surface area (Å²) >= 11 is 1.77. The maximum Gasteiger partial charge on any atom is 0.123 e. The molecule has 2 aromatic rings. The van der Waals surface area contributed by atoms with Crippen molar-refractivity contribution >= 4 is 11.3 Å². The molecule has 1 aromatic carbocycles. The van der Waals surface area contributed by atoms with Gasteiger partial charge < -0.3 is 0 Å². The largest absolute Gasteiger partial charge is 0.207 e. The maximum absolute atomic E-state index is 13.3. The molecule has 1 heterocycles. The van der Waals surface area contributed by atoms with E-state index in [0.29, 0.717) is 0 Å².